The summed E-state index contributed by atoms with van der Waals surface area (Å²) in [5, 5.41) is 6.79. The molecule has 0 unspecified atom stereocenters. The Morgan fingerprint density at radius 1 is 1.38 bits per heavy atom. The van der Waals surface area contributed by atoms with Crippen molar-refractivity contribution < 1.29 is 13.2 Å². The SMILES string of the molecule is C=CC(=O)NC1CN(S(=O)(=O)c2cccc(-c3ccnn3C)c2)C1. The molecule has 0 atom stereocenters. The van der Waals surface area contributed by atoms with Gasteiger partial charge in [0, 0.05) is 31.9 Å². The van der Waals surface area contributed by atoms with Gasteiger partial charge in [0.15, 0.2) is 0 Å². The molecule has 1 aliphatic rings. The Hall–Kier alpha value is -2.45. The highest BCUT2D eigenvalue weighted by Crippen LogP contribution is 2.26. The molecule has 126 valence electrons. The molecule has 1 aromatic carbocycles. The number of hydrogen-bond acceptors (Lipinski definition) is 4. The fraction of sp³-hybridized carbons (Fsp3) is 0.250. The zero-order chi connectivity index (χ0) is 17.3. The first-order valence-corrected chi connectivity index (χ1v) is 8.87. The van der Waals surface area contributed by atoms with Crippen molar-refractivity contribution in [2.75, 3.05) is 13.1 Å². The highest BCUT2D eigenvalue weighted by molar-refractivity contribution is 7.89. The number of aromatic nitrogens is 2. The van der Waals surface area contributed by atoms with Gasteiger partial charge in [-0.1, -0.05) is 18.7 Å². The van der Waals surface area contributed by atoms with Crippen LogP contribution in [0.2, 0.25) is 0 Å². The van der Waals surface area contributed by atoms with Crippen molar-refractivity contribution in [2.24, 2.45) is 7.05 Å². The van der Waals surface area contributed by atoms with E-state index in [1.807, 2.05) is 12.1 Å². The monoisotopic (exact) mass is 346 g/mol. The molecule has 1 N–H and O–H groups in total. The van der Waals surface area contributed by atoms with Gasteiger partial charge in [-0.05, 0) is 24.3 Å². The predicted molar refractivity (Wildman–Crippen MR) is 89.5 cm³/mol. The van der Waals surface area contributed by atoms with Crippen molar-refractivity contribution >= 4 is 15.9 Å². The molecule has 2 aromatic rings. The average Bonchev–Trinajstić information content (AvgIpc) is 2.96. The first kappa shape index (κ1) is 16.4. The summed E-state index contributed by atoms with van der Waals surface area (Å²) in [6, 6.07) is 8.43. The van der Waals surface area contributed by atoms with Crippen molar-refractivity contribution in [2.45, 2.75) is 10.9 Å². The second kappa shape index (κ2) is 6.21. The van der Waals surface area contributed by atoms with E-state index in [1.54, 1.807) is 36.1 Å². The maximum absolute atomic E-state index is 12.7. The molecular weight excluding hydrogens is 328 g/mol. The van der Waals surface area contributed by atoms with E-state index in [-0.39, 0.29) is 29.9 Å². The van der Waals surface area contributed by atoms with Crippen molar-refractivity contribution in [3.05, 3.63) is 49.2 Å². The summed E-state index contributed by atoms with van der Waals surface area (Å²) < 4.78 is 28.4. The Morgan fingerprint density at radius 2 is 2.12 bits per heavy atom. The first-order valence-electron chi connectivity index (χ1n) is 7.43. The maximum Gasteiger partial charge on any atom is 0.243 e. The van der Waals surface area contributed by atoms with Crippen molar-refractivity contribution in [3.8, 4) is 11.3 Å². The molecule has 0 bridgehead atoms. The number of sulfonamides is 1. The van der Waals surface area contributed by atoms with Gasteiger partial charge in [0.25, 0.3) is 0 Å². The maximum atomic E-state index is 12.7. The Kier molecular flexibility index (Phi) is 4.25. The van der Waals surface area contributed by atoms with E-state index in [0.29, 0.717) is 0 Å². The number of carbonyl (C=O) groups excluding carboxylic acids is 1. The van der Waals surface area contributed by atoms with E-state index >= 15 is 0 Å². The number of aryl methyl sites for hydroxylation is 1. The molecule has 3 rings (SSSR count). The van der Waals surface area contributed by atoms with Gasteiger partial charge in [-0.3, -0.25) is 9.48 Å². The van der Waals surface area contributed by atoms with Crippen LogP contribution >= 0.6 is 0 Å². The summed E-state index contributed by atoms with van der Waals surface area (Å²) in [5.41, 5.74) is 1.62. The van der Waals surface area contributed by atoms with E-state index < -0.39 is 10.0 Å². The molecule has 8 heteroatoms. The lowest BCUT2D eigenvalue weighted by Crippen LogP contribution is -2.60. The largest absolute Gasteiger partial charge is 0.347 e. The van der Waals surface area contributed by atoms with E-state index in [2.05, 4.69) is 17.0 Å². The topological polar surface area (TPSA) is 84.3 Å². The van der Waals surface area contributed by atoms with Gasteiger partial charge in [-0.15, -0.1) is 0 Å². The summed E-state index contributed by atoms with van der Waals surface area (Å²) in [5.74, 6) is -0.296. The standard InChI is InChI=1S/C16H18N4O3S/c1-3-16(21)18-13-10-20(11-13)24(22,23)14-6-4-5-12(9-14)15-7-8-17-19(15)2/h3-9,13H,1,10-11H2,2H3,(H,18,21). The molecule has 0 saturated carbocycles. The Labute approximate surface area is 140 Å². The van der Waals surface area contributed by atoms with Crippen LogP contribution < -0.4 is 5.32 Å². The van der Waals surface area contributed by atoms with Crippen LogP contribution in [0.1, 0.15) is 0 Å². The average molecular weight is 346 g/mol. The number of rotatable bonds is 5. The normalized spacial score (nSPS) is 15.7. The van der Waals surface area contributed by atoms with Crippen LogP contribution in [0.5, 0.6) is 0 Å². The minimum Gasteiger partial charge on any atom is -0.347 e. The fourth-order valence-electron chi connectivity index (χ4n) is 2.61. The van der Waals surface area contributed by atoms with Gasteiger partial charge in [0.1, 0.15) is 0 Å². The summed E-state index contributed by atoms with van der Waals surface area (Å²) in [6.45, 7) is 3.90. The molecule has 0 aliphatic carbocycles. The van der Waals surface area contributed by atoms with Crippen LogP contribution in [-0.4, -0.2) is 47.5 Å². The molecule has 0 radical (unpaired) electrons. The van der Waals surface area contributed by atoms with Crippen LogP contribution in [0, 0.1) is 0 Å². The second-order valence-electron chi connectivity index (χ2n) is 5.60. The molecule has 1 aromatic heterocycles. The lowest BCUT2D eigenvalue weighted by molar-refractivity contribution is -0.117. The number of nitrogens with one attached hydrogen (secondary N) is 1. The molecule has 2 heterocycles. The zero-order valence-corrected chi connectivity index (χ0v) is 14.0. The van der Waals surface area contributed by atoms with Crippen molar-refractivity contribution in [1.82, 2.24) is 19.4 Å². The summed E-state index contributed by atoms with van der Waals surface area (Å²) in [6.07, 6.45) is 2.84. The van der Waals surface area contributed by atoms with Gasteiger partial charge in [0.05, 0.1) is 16.6 Å². The third-order valence-corrected chi connectivity index (χ3v) is 5.80. The smallest absolute Gasteiger partial charge is 0.243 e. The number of nitrogens with zero attached hydrogens (tertiary/aromatic N) is 3. The van der Waals surface area contributed by atoms with E-state index in [9.17, 15) is 13.2 Å². The lowest BCUT2D eigenvalue weighted by atomic mass is 10.1. The van der Waals surface area contributed by atoms with E-state index in [0.717, 1.165) is 11.3 Å². The Morgan fingerprint density at radius 3 is 2.75 bits per heavy atom. The van der Waals surface area contributed by atoms with Crippen LogP contribution in [0.15, 0.2) is 54.1 Å². The van der Waals surface area contributed by atoms with Crippen LogP contribution in [0.4, 0.5) is 0 Å². The van der Waals surface area contributed by atoms with Crippen LogP contribution in [0.3, 0.4) is 0 Å². The van der Waals surface area contributed by atoms with Crippen molar-refractivity contribution in [3.63, 3.8) is 0 Å². The molecular formula is C16H18N4O3S. The van der Waals surface area contributed by atoms with Crippen molar-refractivity contribution in [1.29, 1.82) is 0 Å². The third-order valence-electron chi connectivity index (χ3n) is 3.97. The van der Waals surface area contributed by atoms with E-state index in [4.69, 9.17) is 0 Å². The second-order valence-corrected chi connectivity index (χ2v) is 7.54. The highest BCUT2D eigenvalue weighted by atomic mass is 32.2. The number of hydrogen-bond donors (Lipinski definition) is 1. The molecule has 0 spiro atoms. The third kappa shape index (κ3) is 2.98. The van der Waals surface area contributed by atoms with E-state index in [1.165, 1.54) is 10.4 Å². The minimum atomic E-state index is -3.58. The minimum absolute atomic E-state index is 0.175. The first-order chi connectivity index (χ1) is 11.4. The Bertz CT molecular complexity index is 882. The quantitative estimate of drug-likeness (QED) is 0.810. The lowest BCUT2D eigenvalue weighted by Gasteiger charge is -2.38. The molecule has 1 fully saturated rings. The predicted octanol–water partition coefficient (Wildman–Crippen LogP) is 0.762. The number of amides is 1. The fourth-order valence-corrected chi connectivity index (χ4v) is 4.18. The van der Waals surface area contributed by atoms with Crippen LogP contribution in [-0.2, 0) is 21.9 Å². The van der Waals surface area contributed by atoms with Gasteiger partial charge in [-0.2, -0.15) is 9.40 Å². The molecule has 1 amide bonds. The summed E-state index contributed by atoms with van der Waals surface area (Å²) >= 11 is 0. The molecule has 1 saturated heterocycles. The van der Waals surface area contributed by atoms with Gasteiger partial charge in [0.2, 0.25) is 15.9 Å². The molecule has 7 nitrogen and oxygen atoms in total. The van der Waals surface area contributed by atoms with Crippen LogP contribution in [0.25, 0.3) is 11.3 Å². The van der Waals surface area contributed by atoms with Gasteiger partial charge in [-0.25, -0.2) is 8.42 Å². The Balaban J connectivity index is 1.78. The summed E-state index contributed by atoms with van der Waals surface area (Å²) in [7, 11) is -1.77. The number of carbonyl (C=O) groups is 1. The highest BCUT2D eigenvalue weighted by Gasteiger charge is 2.37. The molecule has 24 heavy (non-hydrogen) atoms. The summed E-state index contributed by atoms with van der Waals surface area (Å²) in [4.78, 5) is 11.5. The zero-order valence-electron chi connectivity index (χ0n) is 13.2. The number of benzene rings is 1. The molecule has 1 aliphatic heterocycles. The van der Waals surface area contributed by atoms with Gasteiger partial charge < -0.3 is 5.32 Å². The van der Waals surface area contributed by atoms with Gasteiger partial charge >= 0.3 is 0 Å².